The second-order valence-electron chi connectivity index (χ2n) is 6.30. The molecule has 25 heavy (non-hydrogen) atoms. The third-order valence-corrected chi connectivity index (χ3v) is 5.51. The van der Waals surface area contributed by atoms with E-state index >= 15 is 0 Å². The molecule has 0 spiro atoms. The van der Waals surface area contributed by atoms with Crippen molar-refractivity contribution in [3.63, 3.8) is 0 Å². The van der Waals surface area contributed by atoms with Crippen LogP contribution in [-0.4, -0.2) is 46.5 Å². The van der Waals surface area contributed by atoms with Crippen molar-refractivity contribution in [3.8, 4) is 0 Å². The number of nitrogens with zero attached hydrogens (tertiary/aromatic N) is 1. The van der Waals surface area contributed by atoms with Crippen molar-refractivity contribution in [3.05, 3.63) is 29.8 Å². The predicted molar refractivity (Wildman–Crippen MR) is 94.0 cm³/mol. The van der Waals surface area contributed by atoms with Gasteiger partial charge in [-0.15, -0.1) is 0 Å². The minimum atomic E-state index is -3.53. The van der Waals surface area contributed by atoms with E-state index in [1.165, 1.54) is 18.9 Å². The van der Waals surface area contributed by atoms with Crippen LogP contribution in [0.25, 0.3) is 0 Å². The maximum absolute atomic E-state index is 12.0. The maximum Gasteiger partial charge on any atom is 0.263 e. The molecule has 0 bridgehead atoms. The largest absolute Gasteiger partial charge is 0.381 e. The number of rotatable bonds is 9. The topological polar surface area (TPSA) is 96.9 Å². The lowest BCUT2D eigenvalue weighted by molar-refractivity contribution is -0.120. The Balaban J connectivity index is 1.37. The fraction of sp³-hybridized carbons (Fsp3) is 0.529. The third-order valence-electron chi connectivity index (χ3n) is 4.11. The zero-order valence-corrected chi connectivity index (χ0v) is 14.8. The van der Waals surface area contributed by atoms with Gasteiger partial charge in [-0.3, -0.25) is 14.5 Å². The smallest absolute Gasteiger partial charge is 0.263 e. The zero-order chi connectivity index (χ0) is 17.7. The van der Waals surface area contributed by atoms with E-state index in [0.29, 0.717) is 24.6 Å². The second kappa shape index (κ2) is 7.97. The van der Waals surface area contributed by atoms with Gasteiger partial charge < -0.3 is 10.1 Å². The first-order chi connectivity index (χ1) is 12.1. The number of carbonyl (C=O) groups is 1. The van der Waals surface area contributed by atoms with Crippen LogP contribution in [0.3, 0.4) is 0 Å². The van der Waals surface area contributed by atoms with Crippen molar-refractivity contribution in [1.82, 2.24) is 10.0 Å². The highest BCUT2D eigenvalue weighted by molar-refractivity contribution is 7.90. The van der Waals surface area contributed by atoms with Crippen LogP contribution in [0.2, 0.25) is 0 Å². The number of nitrogens with one attached hydrogen (secondary N) is 2. The van der Waals surface area contributed by atoms with Crippen LogP contribution in [0.1, 0.15) is 31.2 Å². The van der Waals surface area contributed by atoms with E-state index < -0.39 is 10.0 Å². The summed E-state index contributed by atoms with van der Waals surface area (Å²) < 4.78 is 31.8. The Morgan fingerprint density at radius 3 is 2.92 bits per heavy atom. The highest BCUT2D eigenvalue weighted by Gasteiger charge is 2.29. The molecular weight excluding hydrogens is 342 g/mol. The molecule has 1 aliphatic heterocycles. The van der Waals surface area contributed by atoms with E-state index in [4.69, 9.17) is 4.74 Å². The van der Waals surface area contributed by atoms with Gasteiger partial charge in [-0.2, -0.15) is 0 Å². The minimum Gasteiger partial charge on any atom is -0.381 e. The molecule has 1 heterocycles. The fourth-order valence-electron chi connectivity index (χ4n) is 2.55. The molecule has 0 atom stereocenters. The molecule has 7 nitrogen and oxygen atoms in total. The van der Waals surface area contributed by atoms with Crippen LogP contribution in [0.4, 0.5) is 0 Å². The first-order valence-electron chi connectivity index (χ1n) is 8.57. The predicted octanol–water partition coefficient (Wildman–Crippen LogP) is 1.05. The van der Waals surface area contributed by atoms with Crippen LogP contribution >= 0.6 is 0 Å². The molecule has 2 aliphatic rings. The summed E-state index contributed by atoms with van der Waals surface area (Å²) in [6, 6.07) is 6.67. The lowest BCUT2D eigenvalue weighted by atomic mass is 10.2. The molecule has 136 valence electrons. The maximum atomic E-state index is 12.0. The Morgan fingerprint density at radius 2 is 2.12 bits per heavy atom. The first-order valence-corrected chi connectivity index (χ1v) is 10.1. The quantitative estimate of drug-likeness (QED) is 0.639. The molecule has 0 radical (unpaired) electrons. The van der Waals surface area contributed by atoms with E-state index in [1.807, 2.05) is 0 Å². The molecule has 1 amide bonds. The molecule has 0 aromatic heterocycles. The van der Waals surface area contributed by atoms with Crippen molar-refractivity contribution < 1.29 is 17.9 Å². The van der Waals surface area contributed by atoms with Crippen molar-refractivity contribution >= 4 is 21.8 Å². The Labute approximate surface area is 147 Å². The van der Waals surface area contributed by atoms with Gasteiger partial charge in [-0.25, -0.2) is 8.42 Å². The third kappa shape index (κ3) is 5.02. The average Bonchev–Trinajstić information content (AvgIpc) is 3.37. The molecule has 3 rings (SSSR count). The Morgan fingerprint density at radius 1 is 1.32 bits per heavy atom. The average molecular weight is 365 g/mol. The number of hydrogen-bond acceptors (Lipinski definition) is 5. The van der Waals surface area contributed by atoms with Gasteiger partial charge in [-0.05, 0) is 37.3 Å². The van der Waals surface area contributed by atoms with Crippen molar-refractivity contribution in [2.45, 2.75) is 30.6 Å². The molecule has 2 N–H and O–H groups in total. The monoisotopic (exact) mass is 365 g/mol. The van der Waals surface area contributed by atoms with E-state index in [-0.39, 0.29) is 23.8 Å². The summed E-state index contributed by atoms with van der Waals surface area (Å²) in [6.45, 7) is 2.31. The van der Waals surface area contributed by atoms with Gasteiger partial charge in [0, 0.05) is 31.7 Å². The Bertz CT molecular complexity index is 757. The van der Waals surface area contributed by atoms with Gasteiger partial charge in [0.1, 0.15) is 5.84 Å². The molecular formula is C17H23N3O4S. The summed E-state index contributed by atoms with van der Waals surface area (Å²) in [4.78, 5) is 16.2. The van der Waals surface area contributed by atoms with Crippen molar-refractivity contribution in [1.29, 1.82) is 0 Å². The summed E-state index contributed by atoms with van der Waals surface area (Å²) in [5, 5.41) is 2.82. The van der Waals surface area contributed by atoms with E-state index in [2.05, 4.69) is 15.0 Å². The number of fused-ring (bicyclic) bond motifs is 1. The number of hydrogen-bond donors (Lipinski definition) is 2. The van der Waals surface area contributed by atoms with Crippen LogP contribution in [0.15, 0.2) is 34.2 Å². The molecule has 1 aliphatic carbocycles. The molecule has 1 fully saturated rings. The van der Waals surface area contributed by atoms with Crippen molar-refractivity contribution in [2.24, 2.45) is 10.9 Å². The van der Waals surface area contributed by atoms with Crippen LogP contribution in [-0.2, 0) is 19.6 Å². The van der Waals surface area contributed by atoms with Crippen LogP contribution < -0.4 is 10.0 Å². The number of amidine groups is 1. The first kappa shape index (κ1) is 17.9. The summed E-state index contributed by atoms with van der Waals surface area (Å²) in [7, 11) is -3.53. The number of sulfonamides is 1. The Kier molecular flexibility index (Phi) is 5.70. The van der Waals surface area contributed by atoms with Gasteiger partial charge in [0.2, 0.25) is 5.91 Å². The van der Waals surface area contributed by atoms with Gasteiger partial charge >= 0.3 is 0 Å². The number of carbonyl (C=O) groups excluding carboxylic acids is 1. The lowest BCUT2D eigenvalue weighted by Crippen LogP contribution is -2.26. The van der Waals surface area contributed by atoms with Crippen LogP contribution in [0, 0.1) is 5.92 Å². The number of aliphatic imine (C=N–C) groups is 1. The molecule has 0 saturated heterocycles. The van der Waals surface area contributed by atoms with Gasteiger partial charge in [0.25, 0.3) is 10.0 Å². The number of benzene rings is 1. The summed E-state index contributed by atoms with van der Waals surface area (Å²) in [5.41, 5.74) is 0.552. The van der Waals surface area contributed by atoms with Crippen molar-refractivity contribution in [2.75, 3.05) is 26.3 Å². The SMILES string of the molecule is O=C(CCN=C1NS(=O)(=O)c2ccccc21)NCCCOCC1CC1. The number of amides is 1. The van der Waals surface area contributed by atoms with Gasteiger partial charge in [-0.1, -0.05) is 12.1 Å². The summed E-state index contributed by atoms with van der Waals surface area (Å²) in [6.07, 6.45) is 3.57. The normalized spacial score (nSPS) is 19.4. The highest BCUT2D eigenvalue weighted by atomic mass is 32.2. The van der Waals surface area contributed by atoms with Gasteiger partial charge in [0.05, 0.1) is 11.4 Å². The summed E-state index contributed by atoms with van der Waals surface area (Å²) in [5.74, 6) is 0.962. The molecule has 1 aromatic rings. The molecule has 0 unspecified atom stereocenters. The van der Waals surface area contributed by atoms with E-state index in [0.717, 1.165) is 18.9 Å². The Hall–Kier alpha value is -1.93. The fourth-order valence-corrected chi connectivity index (χ4v) is 3.80. The minimum absolute atomic E-state index is 0.0966. The standard InChI is InChI=1S/C17H23N3O4S/c21-16(18-9-3-11-24-12-13-6-7-13)8-10-19-17-14-4-1-2-5-15(14)25(22,23)20-17/h1-2,4-5,13H,3,6-12H2,(H,18,21)(H,19,20). The highest BCUT2D eigenvalue weighted by Crippen LogP contribution is 2.28. The van der Waals surface area contributed by atoms with Gasteiger partial charge in [0.15, 0.2) is 0 Å². The molecule has 1 saturated carbocycles. The second-order valence-corrected chi connectivity index (χ2v) is 7.95. The van der Waals surface area contributed by atoms with E-state index in [1.54, 1.807) is 18.2 Å². The molecule has 8 heteroatoms. The lowest BCUT2D eigenvalue weighted by Gasteiger charge is -2.05. The zero-order valence-electron chi connectivity index (χ0n) is 14.0. The summed E-state index contributed by atoms with van der Waals surface area (Å²) >= 11 is 0. The number of ether oxygens (including phenoxy) is 1. The molecule has 1 aromatic carbocycles. The van der Waals surface area contributed by atoms with E-state index in [9.17, 15) is 13.2 Å². The van der Waals surface area contributed by atoms with Crippen LogP contribution in [0.5, 0.6) is 0 Å².